The second-order valence-corrected chi connectivity index (χ2v) is 16.2. The molecule has 1 aliphatic carbocycles. The van der Waals surface area contributed by atoms with Crippen LogP contribution in [0.5, 0.6) is 0 Å². The van der Waals surface area contributed by atoms with Gasteiger partial charge in [0.05, 0.1) is 11.4 Å². The van der Waals surface area contributed by atoms with Gasteiger partial charge in [-0.25, -0.2) is 9.97 Å². The first kappa shape index (κ1) is 34.8. The fourth-order valence-electron chi connectivity index (χ4n) is 9.12. The van der Waals surface area contributed by atoms with Gasteiger partial charge >= 0.3 is 0 Å². The van der Waals surface area contributed by atoms with E-state index in [1.807, 2.05) is 0 Å². The van der Waals surface area contributed by atoms with Crippen LogP contribution in [0.3, 0.4) is 0 Å². The second-order valence-electron chi connectivity index (χ2n) is 16.2. The molecule has 1 aliphatic rings. The van der Waals surface area contributed by atoms with Crippen LogP contribution in [-0.4, -0.2) is 9.97 Å². The van der Waals surface area contributed by atoms with E-state index in [0.717, 1.165) is 45.0 Å². The molecule has 1 aromatic heterocycles. The summed E-state index contributed by atoms with van der Waals surface area (Å²) in [6, 6.07) is 74.4. The normalized spacial score (nSPS) is 12.7. The number of benzene rings is 9. The summed E-state index contributed by atoms with van der Waals surface area (Å²) in [5.41, 5.74) is 16.9. The molecule has 0 aliphatic heterocycles. The molecule has 0 bridgehead atoms. The Balaban J connectivity index is 1.06. The van der Waals surface area contributed by atoms with Crippen molar-refractivity contribution in [3.8, 4) is 78.3 Å². The van der Waals surface area contributed by atoms with Crippen molar-refractivity contribution in [1.82, 2.24) is 9.97 Å². The molecule has 0 unspecified atom stereocenters. The highest BCUT2D eigenvalue weighted by atomic mass is 14.9. The Morgan fingerprint density at radius 3 is 1.46 bits per heavy atom. The van der Waals surface area contributed by atoms with E-state index in [2.05, 4.69) is 220 Å². The largest absolute Gasteiger partial charge is 0.231 e. The summed E-state index contributed by atoms with van der Waals surface area (Å²) in [6.45, 7) is 4.63. The lowest BCUT2D eigenvalue weighted by Gasteiger charge is -2.21. The van der Waals surface area contributed by atoms with Crippen LogP contribution in [-0.2, 0) is 5.41 Å². The van der Waals surface area contributed by atoms with E-state index in [-0.39, 0.29) is 5.41 Å². The SMILES string of the molecule is CC1(C)c2cc3ccccc3cc2-c2c(-c3cccc4ccccc34)nc(-c3cccc(-c4cccc(-c5cc(-c6ccccc6)cc(-c6ccccc6)c5)c4)c3)nc21. The maximum Gasteiger partial charge on any atom is 0.160 e. The van der Waals surface area contributed by atoms with Crippen LogP contribution in [0.2, 0.25) is 0 Å². The molecule has 0 saturated carbocycles. The molecule has 0 atom stereocenters. The highest BCUT2D eigenvalue weighted by molar-refractivity contribution is 6.03. The third kappa shape index (κ3) is 6.04. The fourth-order valence-corrected chi connectivity index (χ4v) is 9.12. The Morgan fingerprint density at radius 1 is 0.339 bits per heavy atom. The van der Waals surface area contributed by atoms with E-state index in [1.54, 1.807) is 0 Å². The molecule has 278 valence electrons. The van der Waals surface area contributed by atoms with E-state index >= 15 is 0 Å². The third-order valence-electron chi connectivity index (χ3n) is 12.2. The molecule has 1 heterocycles. The van der Waals surface area contributed by atoms with Gasteiger partial charge in [-0.1, -0.05) is 178 Å². The minimum atomic E-state index is -0.329. The van der Waals surface area contributed by atoms with Gasteiger partial charge in [-0.2, -0.15) is 0 Å². The quantitative estimate of drug-likeness (QED) is 0.169. The van der Waals surface area contributed by atoms with Crippen LogP contribution in [0, 0.1) is 0 Å². The molecule has 0 N–H and O–H groups in total. The number of hydrogen-bond donors (Lipinski definition) is 0. The van der Waals surface area contributed by atoms with E-state index in [4.69, 9.17) is 9.97 Å². The summed E-state index contributed by atoms with van der Waals surface area (Å²) in [4.78, 5) is 11.1. The molecule has 0 fully saturated rings. The van der Waals surface area contributed by atoms with Gasteiger partial charge in [-0.15, -0.1) is 0 Å². The number of nitrogens with zero attached hydrogens (tertiary/aromatic N) is 2. The number of rotatable bonds is 6. The van der Waals surface area contributed by atoms with Gasteiger partial charge in [-0.3, -0.25) is 0 Å². The minimum absolute atomic E-state index is 0.329. The summed E-state index contributed by atoms with van der Waals surface area (Å²) in [5, 5.41) is 4.85. The molecule has 0 spiro atoms. The number of fused-ring (bicyclic) bond motifs is 5. The lowest BCUT2D eigenvalue weighted by Crippen LogP contribution is -2.17. The van der Waals surface area contributed by atoms with Gasteiger partial charge in [0.25, 0.3) is 0 Å². The lowest BCUT2D eigenvalue weighted by atomic mass is 9.84. The molecule has 9 aromatic carbocycles. The van der Waals surface area contributed by atoms with Crippen molar-refractivity contribution in [2.75, 3.05) is 0 Å². The maximum absolute atomic E-state index is 5.55. The third-order valence-corrected chi connectivity index (χ3v) is 12.2. The Labute approximate surface area is 345 Å². The molecule has 0 radical (unpaired) electrons. The van der Waals surface area contributed by atoms with Gasteiger partial charge in [0.15, 0.2) is 5.82 Å². The summed E-state index contributed by atoms with van der Waals surface area (Å²) >= 11 is 0. The van der Waals surface area contributed by atoms with Gasteiger partial charge in [-0.05, 0) is 120 Å². The molecule has 0 saturated heterocycles. The maximum atomic E-state index is 5.55. The Hall–Kier alpha value is -7.42. The Morgan fingerprint density at radius 2 is 0.797 bits per heavy atom. The topological polar surface area (TPSA) is 25.8 Å². The lowest BCUT2D eigenvalue weighted by molar-refractivity contribution is 0.637. The molecule has 0 amide bonds. The highest BCUT2D eigenvalue weighted by Gasteiger charge is 2.40. The Bertz CT molecular complexity index is 3170. The van der Waals surface area contributed by atoms with Crippen LogP contribution in [0.1, 0.15) is 25.1 Å². The predicted octanol–water partition coefficient (Wildman–Crippen LogP) is 15.1. The van der Waals surface area contributed by atoms with Crippen LogP contribution in [0.15, 0.2) is 206 Å². The van der Waals surface area contributed by atoms with Crippen LogP contribution < -0.4 is 0 Å². The zero-order chi connectivity index (χ0) is 39.5. The van der Waals surface area contributed by atoms with Gasteiger partial charge in [0, 0.05) is 22.1 Å². The van der Waals surface area contributed by atoms with Crippen LogP contribution >= 0.6 is 0 Å². The first-order valence-corrected chi connectivity index (χ1v) is 20.4. The van der Waals surface area contributed by atoms with Gasteiger partial charge in [0.1, 0.15) is 0 Å². The van der Waals surface area contributed by atoms with Crippen molar-refractivity contribution in [1.29, 1.82) is 0 Å². The molecule has 59 heavy (non-hydrogen) atoms. The standard InChI is InChI=1S/C57H40N2/c1-57(2)52-36-44-22-10-9-21-43(44)35-51(52)53-54(50-29-15-23-39-20-11-12-28-49(39)50)58-56(59-55(53)57)45-27-14-25-41(31-45)40-24-13-26-42(30-40)48-33-46(37-16-5-3-6-17-37)32-47(34-48)38-18-7-4-8-19-38/h3-36H,1-2H3. The van der Waals surface area contributed by atoms with Crippen molar-refractivity contribution in [2.45, 2.75) is 19.3 Å². The van der Waals surface area contributed by atoms with Crippen molar-refractivity contribution in [2.24, 2.45) is 0 Å². The van der Waals surface area contributed by atoms with Crippen molar-refractivity contribution in [3.05, 3.63) is 218 Å². The van der Waals surface area contributed by atoms with Crippen molar-refractivity contribution < 1.29 is 0 Å². The first-order chi connectivity index (χ1) is 29.0. The fraction of sp³-hybridized carbons (Fsp3) is 0.0526. The van der Waals surface area contributed by atoms with Crippen molar-refractivity contribution >= 4 is 21.5 Å². The number of hydrogen-bond acceptors (Lipinski definition) is 2. The summed E-state index contributed by atoms with van der Waals surface area (Å²) < 4.78 is 0. The zero-order valence-corrected chi connectivity index (χ0v) is 33.0. The van der Waals surface area contributed by atoms with Gasteiger partial charge in [0.2, 0.25) is 0 Å². The predicted molar refractivity (Wildman–Crippen MR) is 247 cm³/mol. The summed E-state index contributed by atoms with van der Waals surface area (Å²) in [7, 11) is 0. The molecule has 11 rings (SSSR count). The highest BCUT2D eigenvalue weighted by Crippen LogP contribution is 2.53. The van der Waals surface area contributed by atoms with E-state index in [0.29, 0.717) is 0 Å². The van der Waals surface area contributed by atoms with E-state index in [1.165, 1.54) is 66.1 Å². The summed E-state index contributed by atoms with van der Waals surface area (Å²) in [5.74, 6) is 0.734. The van der Waals surface area contributed by atoms with Crippen LogP contribution in [0.4, 0.5) is 0 Å². The smallest absolute Gasteiger partial charge is 0.160 e. The number of aromatic nitrogens is 2. The van der Waals surface area contributed by atoms with E-state index in [9.17, 15) is 0 Å². The average molecular weight is 753 g/mol. The van der Waals surface area contributed by atoms with Crippen molar-refractivity contribution in [3.63, 3.8) is 0 Å². The monoisotopic (exact) mass is 752 g/mol. The molecule has 2 heteroatoms. The summed E-state index contributed by atoms with van der Waals surface area (Å²) in [6.07, 6.45) is 0. The van der Waals surface area contributed by atoms with Gasteiger partial charge < -0.3 is 0 Å². The zero-order valence-electron chi connectivity index (χ0n) is 33.0. The first-order valence-electron chi connectivity index (χ1n) is 20.4. The molecule has 10 aromatic rings. The molecular weight excluding hydrogens is 713 g/mol. The average Bonchev–Trinajstić information content (AvgIpc) is 3.52. The van der Waals surface area contributed by atoms with Crippen LogP contribution in [0.25, 0.3) is 99.8 Å². The molecule has 2 nitrogen and oxygen atoms in total. The Kier molecular flexibility index (Phi) is 8.20. The minimum Gasteiger partial charge on any atom is -0.231 e. The molecular formula is C57H40N2. The second kappa shape index (κ2) is 13.9. The van der Waals surface area contributed by atoms with E-state index < -0.39 is 0 Å².